The highest BCUT2D eigenvalue weighted by molar-refractivity contribution is 6.37. The highest BCUT2D eigenvalue weighted by atomic mass is 35.5. The normalized spacial score (nSPS) is 12.2. The first kappa shape index (κ1) is 14.0. The molecule has 0 spiro atoms. The fraction of sp³-hybridized carbons (Fsp3) is 0.222. The van der Waals surface area contributed by atoms with Crippen molar-refractivity contribution in [2.75, 3.05) is 0 Å². The van der Waals surface area contributed by atoms with Crippen LogP contribution in [-0.2, 0) is 11.2 Å². The Hall–Kier alpha value is -1.04. The van der Waals surface area contributed by atoms with E-state index in [1.807, 2.05) is 0 Å². The van der Waals surface area contributed by atoms with Crippen LogP contribution in [0.25, 0.3) is 0 Å². The molecule has 1 aromatic carbocycles. The standard InChI is InChI=1S/C9H7Cl3N2O3/c10-6-1-4(14(16)17)2-7(11)5(6)3-8(12)9(13)15/h1-2,8H,3H2,(H2,13,15). The Morgan fingerprint density at radius 3 is 2.24 bits per heavy atom. The van der Waals surface area contributed by atoms with Crippen molar-refractivity contribution < 1.29 is 9.72 Å². The molecular weight excluding hydrogens is 290 g/mol. The third kappa shape index (κ3) is 3.46. The number of nitrogens with two attached hydrogens (primary N) is 1. The number of carbonyl (C=O) groups excluding carboxylic acids is 1. The third-order valence-corrected chi connectivity index (χ3v) is 3.07. The molecule has 92 valence electrons. The van der Waals surface area contributed by atoms with Gasteiger partial charge in [0.25, 0.3) is 5.69 Å². The van der Waals surface area contributed by atoms with E-state index in [-0.39, 0.29) is 22.2 Å². The van der Waals surface area contributed by atoms with Crippen LogP contribution in [0.2, 0.25) is 10.0 Å². The molecule has 0 saturated heterocycles. The molecule has 0 saturated carbocycles. The number of alkyl halides is 1. The second-order valence-corrected chi connectivity index (χ2v) is 4.56. The van der Waals surface area contributed by atoms with E-state index in [4.69, 9.17) is 40.5 Å². The molecule has 2 N–H and O–H groups in total. The van der Waals surface area contributed by atoms with Crippen LogP contribution in [-0.4, -0.2) is 16.2 Å². The number of hydrogen-bond donors (Lipinski definition) is 1. The highest BCUT2D eigenvalue weighted by Gasteiger charge is 2.19. The van der Waals surface area contributed by atoms with E-state index in [2.05, 4.69) is 0 Å². The predicted octanol–water partition coefficient (Wildman–Crippen LogP) is 2.54. The molecule has 1 atom stereocenters. The summed E-state index contributed by atoms with van der Waals surface area (Å²) < 4.78 is 0. The molecule has 0 aromatic heterocycles. The average Bonchev–Trinajstić information content (AvgIpc) is 2.22. The Morgan fingerprint density at radius 1 is 1.41 bits per heavy atom. The number of nitro benzene ring substituents is 1. The van der Waals surface area contributed by atoms with Crippen molar-refractivity contribution in [3.63, 3.8) is 0 Å². The van der Waals surface area contributed by atoms with Crippen LogP contribution in [0.15, 0.2) is 12.1 Å². The summed E-state index contributed by atoms with van der Waals surface area (Å²) in [4.78, 5) is 20.7. The van der Waals surface area contributed by atoms with E-state index in [0.717, 1.165) is 12.1 Å². The number of amides is 1. The van der Waals surface area contributed by atoms with Gasteiger partial charge in [0, 0.05) is 18.6 Å². The number of carbonyl (C=O) groups is 1. The van der Waals surface area contributed by atoms with E-state index in [1.165, 1.54) is 0 Å². The van der Waals surface area contributed by atoms with E-state index in [9.17, 15) is 14.9 Å². The first-order valence-corrected chi connectivity index (χ1v) is 5.58. The number of nitro groups is 1. The summed E-state index contributed by atoms with van der Waals surface area (Å²) in [6.45, 7) is 0. The van der Waals surface area contributed by atoms with Gasteiger partial charge < -0.3 is 5.73 Å². The lowest BCUT2D eigenvalue weighted by Gasteiger charge is -2.09. The zero-order valence-corrected chi connectivity index (χ0v) is 10.6. The summed E-state index contributed by atoms with van der Waals surface area (Å²) in [5.41, 5.74) is 5.13. The number of halogens is 3. The summed E-state index contributed by atoms with van der Waals surface area (Å²) in [6.07, 6.45) is 0.0204. The van der Waals surface area contributed by atoms with Gasteiger partial charge in [-0.2, -0.15) is 0 Å². The predicted molar refractivity (Wildman–Crippen MR) is 65.7 cm³/mol. The Balaban J connectivity index is 3.10. The van der Waals surface area contributed by atoms with E-state index in [1.54, 1.807) is 0 Å². The Labute approximate surface area is 112 Å². The monoisotopic (exact) mass is 296 g/mol. The van der Waals surface area contributed by atoms with Crippen molar-refractivity contribution in [1.82, 2.24) is 0 Å². The molecule has 1 rings (SSSR count). The minimum absolute atomic E-state index is 0.0204. The summed E-state index contributed by atoms with van der Waals surface area (Å²) in [5, 5.41) is 9.73. The van der Waals surface area contributed by atoms with Gasteiger partial charge in [0.1, 0.15) is 5.38 Å². The van der Waals surface area contributed by atoms with Crippen LogP contribution in [0.4, 0.5) is 5.69 Å². The van der Waals surface area contributed by atoms with Gasteiger partial charge in [0.15, 0.2) is 0 Å². The lowest BCUT2D eigenvalue weighted by atomic mass is 10.1. The van der Waals surface area contributed by atoms with Crippen molar-refractivity contribution in [2.24, 2.45) is 5.73 Å². The molecule has 0 radical (unpaired) electrons. The number of nitrogens with zero attached hydrogens (tertiary/aromatic N) is 1. The zero-order chi connectivity index (χ0) is 13.2. The Kier molecular flexibility index (Phi) is 4.56. The van der Waals surface area contributed by atoms with Crippen LogP contribution in [0, 0.1) is 10.1 Å². The van der Waals surface area contributed by atoms with E-state index >= 15 is 0 Å². The molecule has 1 amide bonds. The second-order valence-electron chi connectivity index (χ2n) is 3.22. The van der Waals surface area contributed by atoms with Gasteiger partial charge in [-0.1, -0.05) is 23.2 Å². The van der Waals surface area contributed by atoms with Crippen LogP contribution >= 0.6 is 34.8 Å². The van der Waals surface area contributed by atoms with Crippen molar-refractivity contribution in [2.45, 2.75) is 11.8 Å². The quantitative estimate of drug-likeness (QED) is 0.526. The summed E-state index contributed by atoms with van der Waals surface area (Å²) in [6, 6.07) is 2.29. The molecule has 0 fully saturated rings. The maximum atomic E-state index is 10.8. The number of primary amides is 1. The van der Waals surface area contributed by atoms with Crippen molar-refractivity contribution in [3.8, 4) is 0 Å². The summed E-state index contributed by atoms with van der Waals surface area (Å²) in [5.74, 6) is -0.711. The number of non-ortho nitro benzene ring substituents is 1. The third-order valence-electron chi connectivity index (χ3n) is 2.03. The minimum atomic E-state index is -0.966. The van der Waals surface area contributed by atoms with Gasteiger partial charge in [0.2, 0.25) is 5.91 Å². The molecule has 0 aliphatic carbocycles. The van der Waals surface area contributed by atoms with Crippen LogP contribution in [0.5, 0.6) is 0 Å². The SMILES string of the molecule is NC(=O)C(Cl)Cc1c(Cl)cc([N+](=O)[O-])cc1Cl. The lowest BCUT2D eigenvalue weighted by Crippen LogP contribution is -2.25. The molecule has 0 bridgehead atoms. The molecule has 0 aliphatic rings. The highest BCUT2D eigenvalue weighted by Crippen LogP contribution is 2.31. The van der Waals surface area contributed by atoms with Crippen molar-refractivity contribution in [1.29, 1.82) is 0 Å². The van der Waals surface area contributed by atoms with Crippen LogP contribution in [0.1, 0.15) is 5.56 Å². The van der Waals surface area contributed by atoms with Crippen LogP contribution in [0.3, 0.4) is 0 Å². The minimum Gasteiger partial charge on any atom is -0.368 e. The van der Waals surface area contributed by atoms with Gasteiger partial charge in [0.05, 0.1) is 15.0 Å². The smallest absolute Gasteiger partial charge is 0.272 e. The first-order chi connectivity index (χ1) is 7.82. The fourth-order valence-electron chi connectivity index (χ4n) is 1.17. The molecule has 17 heavy (non-hydrogen) atoms. The van der Waals surface area contributed by atoms with E-state index < -0.39 is 16.2 Å². The van der Waals surface area contributed by atoms with Gasteiger partial charge in [-0.25, -0.2) is 0 Å². The fourth-order valence-corrected chi connectivity index (χ4v) is 1.95. The van der Waals surface area contributed by atoms with Gasteiger partial charge in [-0.3, -0.25) is 14.9 Å². The molecule has 0 aliphatic heterocycles. The maximum absolute atomic E-state index is 10.8. The average molecular weight is 298 g/mol. The molecule has 1 unspecified atom stereocenters. The van der Waals surface area contributed by atoms with E-state index in [0.29, 0.717) is 5.56 Å². The number of rotatable bonds is 4. The topological polar surface area (TPSA) is 86.2 Å². The summed E-state index contributed by atoms with van der Waals surface area (Å²) in [7, 11) is 0. The molecule has 0 heterocycles. The largest absolute Gasteiger partial charge is 0.368 e. The van der Waals surface area contributed by atoms with Gasteiger partial charge >= 0.3 is 0 Å². The molecule has 5 nitrogen and oxygen atoms in total. The second kappa shape index (κ2) is 5.53. The molecular formula is C9H7Cl3N2O3. The molecule has 8 heteroatoms. The Morgan fingerprint density at radius 2 is 1.88 bits per heavy atom. The summed E-state index contributed by atoms with van der Waals surface area (Å²) >= 11 is 17.3. The zero-order valence-electron chi connectivity index (χ0n) is 8.32. The molecule has 1 aromatic rings. The van der Waals surface area contributed by atoms with Gasteiger partial charge in [-0.15, -0.1) is 11.6 Å². The maximum Gasteiger partial charge on any atom is 0.272 e. The first-order valence-electron chi connectivity index (χ1n) is 4.38. The van der Waals surface area contributed by atoms with Crippen LogP contribution < -0.4 is 5.73 Å². The van der Waals surface area contributed by atoms with Crippen molar-refractivity contribution >= 4 is 46.4 Å². The van der Waals surface area contributed by atoms with Crippen molar-refractivity contribution in [3.05, 3.63) is 37.9 Å². The Bertz CT molecular complexity index is 456. The van der Waals surface area contributed by atoms with Gasteiger partial charge in [-0.05, 0) is 5.56 Å². The number of hydrogen-bond acceptors (Lipinski definition) is 3. The lowest BCUT2D eigenvalue weighted by molar-refractivity contribution is -0.384. The number of benzene rings is 1.